The number of hydrogen-bond donors (Lipinski definition) is 0. The van der Waals surface area contributed by atoms with Gasteiger partial charge in [0, 0.05) is 13.1 Å². The van der Waals surface area contributed by atoms with Crippen LogP contribution in [-0.4, -0.2) is 28.7 Å². The summed E-state index contributed by atoms with van der Waals surface area (Å²) in [5, 5.41) is 0. The summed E-state index contributed by atoms with van der Waals surface area (Å²) in [5.74, 6) is 0.299. The smallest absolute Gasteiger partial charge is 0.236 e. The van der Waals surface area contributed by atoms with E-state index >= 15 is 0 Å². The number of halogens is 1. The number of hydrogen-bond acceptors (Lipinski definition) is 1. The van der Waals surface area contributed by atoms with E-state index in [0.29, 0.717) is 5.91 Å². The van der Waals surface area contributed by atoms with Crippen molar-refractivity contribution >= 4 is 21.8 Å². The molecule has 1 aliphatic heterocycles. The molecule has 0 bridgehead atoms. The SMILES string of the molecule is CCCCCCCCCCN1CCC(Br)C1=O. The Balaban J connectivity index is 1.89. The van der Waals surface area contributed by atoms with Crippen molar-refractivity contribution in [3.8, 4) is 0 Å². The van der Waals surface area contributed by atoms with Crippen LogP contribution in [0.25, 0.3) is 0 Å². The van der Waals surface area contributed by atoms with Gasteiger partial charge in [-0.15, -0.1) is 0 Å². The number of amides is 1. The second kappa shape index (κ2) is 8.96. The molecule has 0 aliphatic carbocycles. The minimum Gasteiger partial charge on any atom is -0.342 e. The molecule has 1 heterocycles. The third kappa shape index (κ3) is 5.89. The number of rotatable bonds is 9. The molecule has 1 atom stereocenters. The maximum atomic E-state index is 11.6. The van der Waals surface area contributed by atoms with E-state index in [1.165, 1.54) is 51.4 Å². The van der Waals surface area contributed by atoms with E-state index in [1.807, 2.05) is 4.90 Å². The molecule has 1 aliphatic rings. The van der Waals surface area contributed by atoms with Crippen LogP contribution >= 0.6 is 15.9 Å². The molecule has 3 heteroatoms. The third-order valence-corrected chi connectivity index (χ3v) is 4.36. The second-order valence-corrected chi connectivity index (χ2v) is 6.16. The molecular weight excluding hydrogens is 278 g/mol. The van der Waals surface area contributed by atoms with Crippen molar-refractivity contribution in [3.05, 3.63) is 0 Å². The van der Waals surface area contributed by atoms with Crippen molar-refractivity contribution in [2.24, 2.45) is 0 Å². The molecule has 0 aromatic rings. The predicted molar refractivity (Wildman–Crippen MR) is 76.5 cm³/mol. The highest BCUT2D eigenvalue weighted by Gasteiger charge is 2.28. The van der Waals surface area contributed by atoms with E-state index in [1.54, 1.807) is 0 Å². The largest absolute Gasteiger partial charge is 0.342 e. The molecule has 0 N–H and O–H groups in total. The molecule has 0 spiro atoms. The number of alkyl halides is 1. The van der Waals surface area contributed by atoms with Crippen molar-refractivity contribution in [3.63, 3.8) is 0 Å². The fraction of sp³-hybridized carbons (Fsp3) is 0.929. The summed E-state index contributed by atoms with van der Waals surface area (Å²) in [6, 6.07) is 0. The summed E-state index contributed by atoms with van der Waals surface area (Å²) in [7, 11) is 0. The van der Waals surface area contributed by atoms with Gasteiger partial charge in [0.1, 0.15) is 0 Å². The Hall–Kier alpha value is -0.0500. The van der Waals surface area contributed by atoms with Crippen LogP contribution < -0.4 is 0 Å². The molecule has 2 nitrogen and oxygen atoms in total. The average Bonchev–Trinajstić information content (AvgIpc) is 2.64. The normalized spacial score (nSPS) is 20.2. The van der Waals surface area contributed by atoms with E-state index in [9.17, 15) is 4.79 Å². The molecule has 0 aromatic heterocycles. The molecule has 1 fully saturated rings. The standard InChI is InChI=1S/C14H26BrNO/c1-2-3-4-5-6-7-8-9-11-16-12-10-13(15)14(16)17/h13H,2-12H2,1H3. The maximum Gasteiger partial charge on any atom is 0.236 e. The van der Waals surface area contributed by atoms with Crippen molar-refractivity contribution in [2.75, 3.05) is 13.1 Å². The van der Waals surface area contributed by atoms with Gasteiger partial charge >= 0.3 is 0 Å². The molecule has 100 valence electrons. The summed E-state index contributed by atoms with van der Waals surface area (Å²) in [6.45, 7) is 4.17. The van der Waals surface area contributed by atoms with E-state index in [0.717, 1.165) is 19.5 Å². The van der Waals surface area contributed by atoms with Crippen molar-refractivity contribution in [1.82, 2.24) is 4.90 Å². The minimum atomic E-state index is 0.0940. The fourth-order valence-corrected chi connectivity index (χ4v) is 2.85. The predicted octanol–water partition coefficient (Wildman–Crippen LogP) is 4.12. The number of carbonyl (C=O) groups excluding carboxylic acids is 1. The Morgan fingerprint density at radius 1 is 1.12 bits per heavy atom. The highest BCUT2D eigenvalue weighted by molar-refractivity contribution is 9.10. The van der Waals surface area contributed by atoms with Gasteiger partial charge in [-0.3, -0.25) is 4.79 Å². The van der Waals surface area contributed by atoms with Gasteiger partial charge in [-0.05, 0) is 12.8 Å². The molecule has 17 heavy (non-hydrogen) atoms. The van der Waals surface area contributed by atoms with Crippen LogP contribution in [0.2, 0.25) is 0 Å². The first-order chi connectivity index (χ1) is 8.25. The first kappa shape index (κ1) is 15.0. The minimum absolute atomic E-state index is 0.0940. The molecular formula is C14H26BrNO. The zero-order chi connectivity index (χ0) is 12.5. The first-order valence-electron chi connectivity index (χ1n) is 7.18. The van der Waals surface area contributed by atoms with Gasteiger partial charge in [0.25, 0.3) is 0 Å². The highest BCUT2D eigenvalue weighted by atomic mass is 79.9. The molecule has 0 radical (unpaired) electrons. The van der Waals surface area contributed by atoms with Crippen LogP contribution in [0.3, 0.4) is 0 Å². The Labute approximate surface area is 114 Å². The van der Waals surface area contributed by atoms with E-state index in [-0.39, 0.29) is 4.83 Å². The average molecular weight is 304 g/mol. The summed E-state index contributed by atoms with van der Waals surface area (Å²) in [5.41, 5.74) is 0. The molecule has 0 saturated carbocycles. The summed E-state index contributed by atoms with van der Waals surface area (Å²) in [4.78, 5) is 13.7. The van der Waals surface area contributed by atoms with Crippen LogP contribution in [0.4, 0.5) is 0 Å². The van der Waals surface area contributed by atoms with Crippen LogP contribution in [0.5, 0.6) is 0 Å². The van der Waals surface area contributed by atoms with Crippen molar-refractivity contribution in [1.29, 1.82) is 0 Å². The van der Waals surface area contributed by atoms with Crippen LogP contribution in [0, 0.1) is 0 Å². The van der Waals surface area contributed by atoms with Gasteiger partial charge < -0.3 is 4.90 Å². The lowest BCUT2D eigenvalue weighted by Gasteiger charge is -2.15. The van der Waals surface area contributed by atoms with E-state index in [4.69, 9.17) is 0 Å². The number of nitrogens with zero attached hydrogens (tertiary/aromatic N) is 1. The fourth-order valence-electron chi connectivity index (χ4n) is 2.36. The Kier molecular flexibility index (Phi) is 7.91. The van der Waals surface area contributed by atoms with Crippen molar-refractivity contribution in [2.45, 2.75) is 69.5 Å². The lowest BCUT2D eigenvalue weighted by atomic mass is 10.1. The lowest BCUT2D eigenvalue weighted by molar-refractivity contribution is -0.127. The van der Waals surface area contributed by atoms with Gasteiger partial charge in [0.2, 0.25) is 5.91 Å². The van der Waals surface area contributed by atoms with Crippen molar-refractivity contribution < 1.29 is 4.79 Å². The number of carbonyl (C=O) groups is 1. The Morgan fingerprint density at radius 3 is 2.24 bits per heavy atom. The number of likely N-dealkylation sites (tertiary alicyclic amines) is 1. The Morgan fingerprint density at radius 2 is 1.71 bits per heavy atom. The summed E-state index contributed by atoms with van der Waals surface area (Å²) >= 11 is 3.41. The highest BCUT2D eigenvalue weighted by Crippen LogP contribution is 2.19. The van der Waals surface area contributed by atoms with Gasteiger partial charge in [0.15, 0.2) is 0 Å². The second-order valence-electron chi connectivity index (χ2n) is 5.06. The zero-order valence-corrected chi connectivity index (χ0v) is 12.7. The molecule has 1 rings (SSSR count). The maximum absolute atomic E-state index is 11.6. The quantitative estimate of drug-likeness (QED) is 0.463. The van der Waals surface area contributed by atoms with Crippen LogP contribution in [0.1, 0.15) is 64.7 Å². The van der Waals surface area contributed by atoms with E-state index < -0.39 is 0 Å². The topological polar surface area (TPSA) is 20.3 Å². The van der Waals surface area contributed by atoms with Crippen LogP contribution in [-0.2, 0) is 4.79 Å². The monoisotopic (exact) mass is 303 g/mol. The van der Waals surface area contributed by atoms with E-state index in [2.05, 4.69) is 22.9 Å². The Bertz CT molecular complexity index is 220. The summed E-state index contributed by atoms with van der Waals surface area (Å²) in [6.07, 6.45) is 11.6. The third-order valence-electron chi connectivity index (χ3n) is 3.51. The van der Waals surface area contributed by atoms with Crippen LogP contribution in [0.15, 0.2) is 0 Å². The molecule has 1 saturated heterocycles. The van der Waals surface area contributed by atoms with Gasteiger partial charge in [-0.1, -0.05) is 67.8 Å². The molecule has 1 amide bonds. The van der Waals surface area contributed by atoms with Gasteiger partial charge in [-0.2, -0.15) is 0 Å². The lowest BCUT2D eigenvalue weighted by Crippen LogP contribution is -2.28. The molecule has 1 unspecified atom stereocenters. The zero-order valence-electron chi connectivity index (χ0n) is 11.1. The first-order valence-corrected chi connectivity index (χ1v) is 8.10. The number of unbranched alkanes of at least 4 members (excludes halogenated alkanes) is 7. The van der Waals surface area contributed by atoms with Gasteiger partial charge in [-0.25, -0.2) is 0 Å². The van der Waals surface area contributed by atoms with Gasteiger partial charge in [0.05, 0.1) is 4.83 Å². The summed E-state index contributed by atoms with van der Waals surface area (Å²) < 4.78 is 0. The molecule has 0 aromatic carbocycles.